The van der Waals surface area contributed by atoms with Crippen molar-refractivity contribution in [2.75, 3.05) is 0 Å². The van der Waals surface area contributed by atoms with E-state index in [4.69, 9.17) is 0 Å². The average Bonchev–Trinajstić information content (AvgIpc) is 2.83. The van der Waals surface area contributed by atoms with Gasteiger partial charge in [0.25, 0.3) is 0 Å². The molecule has 1 heterocycles. The van der Waals surface area contributed by atoms with Crippen molar-refractivity contribution in [2.45, 2.75) is 32.1 Å². The summed E-state index contributed by atoms with van der Waals surface area (Å²) in [5, 5.41) is 8.48. The van der Waals surface area contributed by atoms with Crippen molar-refractivity contribution in [3.05, 3.63) is 53.9 Å². The molecule has 0 amide bonds. The summed E-state index contributed by atoms with van der Waals surface area (Å²) in [4.78, 5) is 13.9. The molecule has 4 nitrogen and oxygen atoms in total. The number of nitrogens with zero attached hydrogens (tertiary/aromatic N) is 3. The molecule has 0 unspecified atom stereocenters. The molecule has 0 saturated carbocycles. The zero-order chi connectivity index (χ0) is 13.8. The number of Topliss-reactive ketones (excluding diaryl/α,β-unsaturated/α-hetero) is 1. The van der Waals surface area contributed by atoms with E-state index in [2.05, 4.69) is 16.3 Å². The zero-order valence-corrected chi connectivity index (χ0v) is 11.3. The molecule has 0 spiro atoms. The predicted octanol–water partition coefficient (Wildman–Crippen LogP) is 3.34. The Morgan fingerprint density at radius 3 is 2.80 bits per heavy atom. The summed E-state index contributed by atoms with van der Waals surface area (Å²) < 4.78 is 0. The molecule has 1 aromatic heterocycles. The minimum atomic E-state index is 0.0223. The summed E-state index contributed by atoms with van der Waals surface area (Å²) in [6.07, 6.45) is 8.94. The fraction of sp³-hybridized carbons (Fsp3) is 0.312. The van der Waals surface area contributed by atoms with Gasteiger partial charge in [-0.3, -0.25) is 4.79 Å². The van der Waals surface area contributed by atoms with Crippen LogP contribution in [0, 0.1) is 0 Å². The van der Waals surface area contributed by atoms with E-state index in [9.17, 15) is 4.79 Å². The number of carbonyl (C=O) groups is 1. The first-order valence-corrected chi connectivity index (χ1v) is 7.06. The highest BCUT2D eigenvalue weighted by molar-refractivity contribution is 6.07. The Morgan fingerprint density at radius 2 is 1.95 bits per heavy atom. The second kappa shape index (κ2) is 5.82. The van der Waals surface area contributed by atoms with E-state index in [1.54, 1.807) is 6.20 Å². The molecule has 4 heteroatoms. The molecule has 102 valence electrons. The Bertz CT molecular complexity index is 628. The van der Waals surface area contributed by atoms with Crippen LogP contribution < -0.4 is 0 Å². The number of allylic oxidation sites excluding steroid dienone is 2. The first kappa shape index (κ1) is 12.8. The third kappa shape index (κ3) is 2.69. The number of carbonyl (C=O) groups excluding carboxylic acids is 1. The molecule has 1 aromatic carbocycles. The molecule has 1 aliphatic rings. The normalized spacial score (nSPS) is 15.5. The second-order valence-electron chi connectivity index (χ2n) is 5.01. The van der Waals surface area contributed by atoms with Crippen molar-refractivity contribution in [3.63, 3.8) is 0 Å². The SMILES string of the molecule is O=C(C1=CCCCCC1)c1cnn(-c2ccccc2)n1. The van der Waals surface area contributed by atoms with Crippen LogP contribution in [0.4, 0.5) is 0 Å². The first-order valence-electron chi connectivity index (χ1n) is 7.06. The smallest absolute Gasteiger partial charge is 0.210 e. The molecule has 2 aromatic rings. The average molecular weight is 267 g/mol. The van der Waals surface area contributed by atoms with Gasteiger partial charge in [0.1, 0.15) is 0 Å². The van der Waals surface area contributed by atoms with Crippen molar-refractivity contribution >= 4 is 5.78 Å². The number of rotatable bonds is 3. The number of benzene rings is 1. The highest BCUT2D eigenvalue weighted by Crippen LogP contribution is 2.20. The summed E-state index contributed by atoms with van der Waals surface area (Å²) in [5.74, 6) is 0.0223. The van der Waals surface area contributed by atoms with E-state index in [1.807, 2.05) is 30.3 Å². The molecule has 20 heavy (non-hydrogen) atoms. The van der Waals surface area contributed by atoms with Gasteiger partial charge in [0.15, 0.2) is 5.69 Å². The van der Waals surface area contributed by atoms with Gasteiger partial charge in [-0.1, -0.05) is 30.7 Å². The summed E-state index contributed by atoms with van der Waals surface area (Å²) in [5.41, 5.74) is 2.19. The molecule has 0 radical (unpaired) electrons. The van der Waals surface area contributed by atoms with Crippen LogP contribution in [0.25, 0.3) is 5.69 Å². The number of hydrogen-bond donors (Lipinski definition) is 0. The van der Waals surface area contributed by atoms with Crippen LogP contribution in [0.5, 0.6) is 0 Å². The van der Waals surface area contributed by atoms with Crippen molar-refractivity contribution in [2.24, 2.45) is 0 Å². The maximum atomic E-state index is 12.4. The highest BCUT2D eigenvalue weighted by Gasteiger charge is 2.17. The Balaban J connectivity index is 1.83. The molecular weight excluding hydrogens is 250 g/mol. The standard InChI is InChI=1S/C16H17N3O/c20-16(13-8-4-1-2-5-9-13)15-12-17-19(18-15)14-10-6-3-7-11-14/h3,6-8,10-12H,1-2,4-5,9H2. The summed E-state index contributed by atoms with van der Waals surface area (Å²) in [7, 11) is 0. The zero-order valence-electron chi connectivity index (χ0n) is 11.3. The van der Waals surface area contributed by atoms with Gasteiger partial charge >= 0.3 is 0 Å². The second-order valence-corrected chi connectivity index (χ2v) is 5.01. The van der Waals surface area contributed by atoms with Gasteiger partial charge in [-0.15, -0.1) is 5.10 Å². The van der Waals surface area contributed by atoms with Crippen LogP contribution >= 0.6 is 0 Å². The Kier molecular flexibility index (Phi) is 3.72. The Labute approximate surface area is 118 Å². The van der Waals surface area contributed by atoms with Crippen molar-refractivity contribution < 1.29 is 4.79 Å². The lowest BCUT2D eigenvalue weighted by Crippen LogP contribution is -2.06. The molecule has 0 bridgehead atoms. The van der Waals surface area contributed by atoms with Crippen LogP contribution in [-0.2, 0) is 0 Å². The molecule has 0 saturated heterocycles. The fourth-order valence-electron chi connectivity index (χ4n) is 2.44. The Hall–Kier alpha value is -2.23. The van der Waals surface area contributed by atoms with Gasteiger partial charge in [-0.2, -0.15) is 9.90 Å². The lowest BCUT2D eigenvalue weighted by atomic mass is 10.0. The van der Waals surface area contributed by atoms with Crippen molar-refractivity contribution in [3.8, 4) is 5.69 Å². The lowest BCUT2D eigenvalue weighted by molar-refractivity contribution is 0.102. The van der Waals surface area contributed by atoms with Crippen LogP contribution in [0.15, 0.2) is 48.2 Å². The van der Waals surface area contributed by atoms with E-state index in [0.717, 1.165) is 30.5 Å². The summed E-state index contributed by atoms with van der Waals surface area (Å²) in [6.45, 7) is 0. The maximum absolute atomic E-state index is 12.4. The highest BCUT2D eigenvalue weighted by atomic mass is 16.1. The van der Waals surface area contributed by atoms with E-state index in [1.165, 1.54) is 17.6 Å². The van der Waals surface area contributed by atoms with Gasteiger partial charge in [-0.05, 0) is 43.4 Å². The number of aromatic nitrogens is 3. The topological polar surface area (TPSA) is 47.8 Å². The minimum absolute atomic E-state index is 0.0223. The number of ketones is 1. The van der Waals surface area contributed by atoms with Crippen molar-refractivity contribution in [1.82, 2.24) is 15.0 Å². The maximum Gasteiger partial charge on any atom is 0.210 e. The van der Waals surface area contributed by atoms with Crippen LogP contribution in [-0.4, -0.2) is 20.8 Å². The molecule has 3 rings (SSSR count). The van der Waals surface area contributed by atoms with E-state index < -0.39 is 0 Å². The van der Waals surface area contributed by atoms with Crippen molar-refractivity contribution in [1.29, 1.82) is 0 Å². The molecule has 0 atom stereocenters. The summed E-state index contributed by atoms with van der Waals surface area (Å²) in [6, 6.07) is 9.62. The summed E-state index contributed by atoms with van der Waals surface area (Å²) >= 11 is 0. The van der Waals surface area contributed by atoms with Gasteiger partial charge in [0.05, 0.1) is 11.9 Å². The van der Waals surface area contributed by atoms with Crippen LogP contribution in [0.2, 0.25) is 0 Å². The van der Waals surface area contributed by atoms with Gasteiger partial charge < -0.3 is 0 Å². The molecule has 0 N–H and O–H groups in total. The van der Waals surface area contributed by atoms with Crippen LogP contribution in [0.1, 0.15) is 42.6 Å². The molecular formula is C16H17N3O. The number of hydrogen-bond acceptors (Lipinski definition) is 3. The van der Waals surface area contributed by atoms with Crippen LogP contribution in [0.3, 0.4) is 0 Å². The van der Waals surface area contributed by atoms with Gasteiger partial charge in [0.2, 0.25) is 5.78 Å². The molecule has 0 fully saturated rings. The van der Waals surface area contributed by atoms with E-state index >= 15 is 0 Å². The first-order chi connectivity index (χ1) is 9.84. The monoisotopic (exact) mass is 267 g/mol. The molecule has 0 aliphatic heterocycles. The molecule has 1 aliphatic carbocycles. The van der Waals surface area contributed by atoms with Gasteiger partial charge in [0, 0.05) is 0 Å². The van der Waals surface area contributed by atoms with E-state index in [0.29, 0.717) is 5.69 Å². The van der Waals surface area contributed by atoms with E-state index in [-0.39, 0.29) is 5.78 Å². The predicted molar refractivity (Wildman–Crippen MR) is 76.9 cm³/mol. The minimum Gasteiger partial charge on any atom is -0.287 e. The quantitative estimate of drug-likeness (QED) is 0.801. The number of para-hydroxylation sites is 1. The Morgan fingerprint density at radius 1 is 1.10 bits per heavy atom. The largest absolute Gasteiger partial charge is 0.287 e. The lowest BCUT2D eigenvalue weighted by Gasteiger charge is -2.01. The third-order valence-electron chi connectivity index (χ3n) is 3.54. The third-order valence-corrected chi connectivity index (χ3v) is 3.54. The van der Waals surface area contributed by atoms with Gasteiger partial charge in [-0.25, -0.2) is 0 Å². The fourth-order valence-corrected chi connectivity index (χ4v) is 2.44.